The van der Waals surface area contributed by atoms with E-state index in [0.717, 1.165) is 123 Å². The molecule has 0 aliphatic carbocycles. The highest BCUT2D eigenvalue weighted by atomic mass is 16.3. The molecule has 4 aromatic carbocycles. The molecule has 92 heavy (non-hydrogen) atoms. The van der Waals surface area contributed by atoms with Gasteiger partial charge in [0.25, 0.3) is 0 Å². The molecule has 12 heteroatoms. The molecule has 4 aromatic heterocycles. The lowest BCUT2D eigenvalue weighted by Gasteiger charge is -2.37. The van der Waals surface area contributed by atoms with E-state index >= 15 is 0 Å². The third-order valence-electron chi connectivity index (χ3n) is 20.3. The summed E-state index contributed by atoms with van der Waals surface area (Å²) in [5.41, 5.74) is 5.72. The second-order valence-corrected chi connectivity index (χ2v) is 27.2. The molecular weight excluding hydrogens is 1140 g/mol. The first kappa shape index (κ1) is 68.8. The molecule has 0 fully saturated rings. The van der Waals surface area contributed by atoms with E-state index in [9.17, 15) is 40.9 Å². The summed E-state index contributed by atoms with van der Waals surface area (Å²) in [4.78, 5) is 16.2. The molecule has 496 valence electrons. The van der Waals surface area contributed by atoms with E-state index in [2.05, 4.69) is 89.2 Å². The van der Waals surface area contributed by atoms with Crippen LogP contribution in [-0.2, 0) is 16.2 Å². The molecule has 9 rings (SSSR count). The van der Waals surface area contributed by atoms with Gasteiger partial charge in [-0.1, -0.05) is 213 Å². The van der Waals surface area contributed by atoms with Crippen molar-refractivity contribution in [2.45, 2.75) is 255 Å². The van der Waals surface area contributed by atoms with Gasteiger partial charge in [-0.2, -0.15) is 0 Å². The average molecular weight is 1250 g/mol. The molecule has 0 saturated heterocycles. The first-order valence-electron chi connectivity index (χ1n) is 35.7. The second kappa shape index (κ2) is 33.3. The SMILES string of the molecule is CCCCCCCCCCCC[C@]1(c2cc(O)cc(O)c2)c2ccc([nH]2)[C@@](CCCCCCCCCCCC)(c2cc(O)cc(O)c2)c2ccc([nH]2)[C@@H](c2cc(O)cc(O)c2)c2ccc([nH]2)[C@@](CCCCCCCCCCCC)(c2cc(O)cc(O)c2)c2ccc1[nH]2. The van der Waals surface area contributed by atoms with Crippen LogP contribution in [0, 0.1) is 0 Å². The number of fused-ring (bicyclic) bond motifs is 8. The van der Waals surface area contributed by atoms with Crippen LogP contribution >= 0.6 is 0 Å². The van der Waals surface area contributed by atoms with Crippen LogP contribution in [0.15, 0.2) is 121 Å². The van der Waals surface area contributed by atoms with Gasteiger partial charge in [0, 0.05) is 69.8 Å². The monoisotopic (exact) mass is 1250 g/mol. The molecule has 8 aromatic rings. The van der Waals surface area contributed by atoms with Crippen LogP contribution < -0.4 is 0 Å². The zero-order valence-corrected chi connectivity index (χ0v) is 55.5. The van der Waals surface area contributed by atoms with E-state index in [-0.39, 0.29) is 46.0 Å². The molecule has 12 nitrogen and oxygen atoms in total. The molecular formula is C80H108N4O8. The van der Waals surface area contributed by atoms with Crippen molar-refractivity contribution in [1.82, 2.24) is 19.9 Å². The van der Waals surface area contributed by atoms with Crippen LogP contribution in [0.25, 0.3) is 0 Å². The minimum absolute atomic E-state index is 0.0725. The van der Waals surface area contributed by atoms with Gasteiger partial charge >= 0.3 is 0 Å². The predicted octanol–water partition coefficient (Wildman–Crippen LogP) is 21.1. The van der Waals surface area contributed by atoms with Gasteiger partial charge in [-0.3, -0.25) is 0 Å². The van der Waals surface area contributed by atoms with Crippen LogP contribution in [0.3, 0.4) is 0 Å². The largest absolute Gasteiger partial charge is 0.508 e. The Labute approximate surface area is 548 Å². The van der Waals surface area contributed by atoms with Crippen molar-refractivity contribution in [3.05, 3.63) is 189 Å². The first-order valence-corrected chi connectivity index (χ1v) is 35.7. The zero-order chi connectivity index (χ0) is 64.9. The Morgan fingerprint density at radius 2 is 0.457 bits per heavy atom. The molecule has 1 aliphatic heterocycles. The summed E-state index contributed by atoms with van der Waals surface area (Å²) in [6, 6.07) is 36.2. The Morgan fingerprint density at radius 3 is 0.707 bits per heavy atom. The molecule has 0 spiro atoms. The van der Waals surface area contributed by atoms with Gasteiger partial charge < -0.3 is 60.8 Å². The van der Waals surface area contributed by atoms with Crippen LogP contribution in [0.1, 0.15) is 306 Å². The minimum atomic E-state index is -1.08. The van der Waals surface area contributed by atoms with Crippen molar-refractivity contribution in [3.8, 4) is 46.0 Å². The number of H-pyrrole nitrogens is 4. The maximum atomic E-state index is 11.7. The zero-order valence-electron chi connectivity index (χ0n) is 55.5. The van der Waals surface area contributed by atoms with Crippen molar-refractivity contribution in [3.63, 3.8) is 0 Å². The topological polar surface area (TPSA) is 225 Å². The fourth-order valence-electron chi connectivity index (χ4n) is 15.5. The minimum Gasteiger partial charge on any atom is -0.508 e. The summed E-state index contributed by atoms with van der Waals surface area (Å²) in [6.45, 7) is 6.75. The molecule has 0 unspecified atom stereocenters. The fraction of sp³-hybridized carbons (Fsp3) is 0.500. The predicted molar refractivity (Wildman–Crippen MR) is 372 cm³/mol. The summed E-state index contributed by atoms with van der Waals surface area (Å²) in [5, 5.41) is 92.5. The summed E-state index contributed by atoms with van der Waals surface area (Å²) in [5.74, 6) is -1.28. The number of hydrogen-bond donors (Lipinski definition) is 12. The molecule has 5 heterocycles. The average Bonchev–Trinajstić information content (AvgIpc) is 0.969. The van der Waals surface area contributed by atoms with Crippen LogP contribution in [0.4, 0.5) is 0 Å². The Bertz CT molecular complexity index is 3290. The smallest absolute Gasteiger partial charge is 0.119 e. The molecule has 12 N–H and O–H groups in total. The van der Waals surface area contributed by atoms with E-state index in [0.29, 0.717) is 41.5 Å². The van der Waals surface area contributed by atoms with E-state index < -0.39 is 22.2 Å². The number of aromatic hydroxyl groups is 8. The lowest BCUT2D eigenvalue weighted by molar-refractivity contribution is 0.433. The standard InChI is InChI=1S/C80H108N4O8/c1-4-7-10-13-16-19-22-25-28-31-42-78(58-47-63(87)54-64(88)48-58)71-36-34-69(81-71)77(57-45-61(85)53-62(86)46-57)70-35-37-72(82-70)79(59-49-65(89)55-66(90)50-59,43-32-29-26-23-20-17-14-11-8-5-2)74-39-41-76(84-74)80(75-40-38-73(78)83-75,60-51-67(91)56-68(92)52-60)44-33-30-27-24-21-18-15-12-9-6-3/h34-41,45-56,77,81-92H,4-33,42-44H2,1-3H3/t77-,78+,79-,80+. The molecule has 1 aliphatic rings. The van der Waals surface area contributed by atoms with E-state index in [1.165, 1.54) is 140 Å². The van der Waals surface area contributed by atoms with Crippen molar-refractivity contribution in [2.24, 2.45) is 0 Å². The van der Waals surface area contributed by atoms with Crippen LogP contribution in [-0.4, -0.2) is 60.8 Å². The lowest BCUT2D eigenvalue weighted by atomic mass is 9.70. The van der Waals surface area contributed by atoms with Gasteiger partial charge in [0.15, 0.2) is 0 Å². The molecule has 8 bridgehead atoms. The number of phenolic OH excluding ortho intramolecular Hbond substituents is 8. The first-order chi connectivity index (χ1) is 44.7. The van der Waals surface area contributed by atoms with Gasteiger partial charge in [-0.05, 0) is 139 Å². The summed E-state index contributed by atoms with van der Waals surface area (Å²) in [7, 11) is 0. The number of nitrogens with one attached hydrogen (secondary N) is 4. The second-order valence-electron chi connectivity index (χ2n) is 27.2. The van der Waals surface area contributed by atoms with Crippen molar-refractivity contribution in [1.29, 1.82) is 0 Å². The Balaban J connectivity index is 1.28. The molecule has 4 atom stereocenters. The highest BCUT2D eigenvalue weighted by molar-refractivity contribution is 5.59. The normalized spacial score (nSPS) is 18.0. The fourth-order valence-corrected chi connectivity index (χ4v) is 15.5. The maximum absolute atomic E-state index is 11.7. The maximum Gasteiger partial charge on any atom is 0.119 e. The summed E-state index contributed by atoms with van der Waals surface area (Å²) >= 11 is 0. The third kappa shape index (κ3) is 16.6. The van der Waals surface area contributed by atoms with E-state index in [4.69, 9.17) is 0 Å². The number of hydrogen-bond acceptors (Lipinski definition) is 8. The Kier molecular flexibility index (Phi) is 24.9. The Morgan fingerprint density at radius 1 is 0.250 bits per heavy atom. The highest BCUT2D eigenvalue weighted by Crippen LogP contribution is 2.53. The van der Waals surface area contributed by atoms with Gasteiger partial charge in [-0.15, -0.1) is 0 Å². The van der Waals surface area contributed by atoms with Gasteiger partial charge in [-0.25, -0.2) is 0 Å². The van der Waals surface area contributed by atoms with Crippen LogP contribution in [0.5, 0.6) is 46.0 Å². The summed E-state index contributed by atoms with van der Waals surface area (Å²) in [6.07, 6.45) is 35.8. The third-order valence-corrected chi connectivity index (χ3v) is 20.3. The van der Waals surface area contributed by atoms with Crippen molar-refractivity contribution < 1.29 is 40.9 Å². The highest BCUT2D eigenvalue weighted by Gasteiger charge is 2.47. The number of phenols is 8. The van der Waals surface area contributed by atoms with Gasteiger partial charge in [0.1, 0.15) is 46.0 Å². The van der Waals surface area contributed by atoms with Crippen molar-refractivity contribution in [2.75, 3.05) is 0 Å². The molecule has 0 amide bonds. The van der Waals surface area contributed by atoms with Crippen LogP contribution in [0.2, 0.25) is 0 Å². The van der Waals surface area contributed by atoms with E-state index in [1.54, 1.807) is 48.5 Å². The lowest BCUT2D eigenvalue weighted by Crippen LogP contribution is -2.34. The van der Waals surface area contributed by atoms with E-state index in [1.807, 2.05) is 0 Å². The quantitative estimate of drug-likeness (QED) is 0.0167. The van der Waals surface area contributed by atoms with Crippen molar-refractivity contribution >= 4 is 0 Å². The number of aromatic nitrogens is 4. The van der Waals surface area contributed by atoms with Gasteiger partial charge in [0.05, 0.1) is 22.2 Å². The van der Waals surface area contributed by atoms with Gasteiger partial charge in [0.2, 0.25) is 0 Å². The number of unbranched alkanes of at least 4 members (excludes halogenated alkanes) is 27. The summed E-state index contributed by atoms with van der Waals surface area (Å²) < 4.78 is 0. The number of aromatic amines is 4. The number of benzene rings is 4. The molecule has 0 saturated carbocycles. The Hall–Kier alpha value is -7.60. The molecule has 0 radical (unpaired) electrons. The number of rotatable bonds is 37.